The highest BCUT2D eigenvalue weighted by Crippen LogP contribution is 2.27. The molecule has 0 aliphatic heterocycles. The average Bonchev–Trinajstić information content (AvgIpc) is 3.12. The van der Waals surface area contributed by atoms with Crippen molar-refractivity contribution >= 4 is 45.0 Å². The molecule has 2 heterocycles. The summed E-state index contributed by atoms with van der Waals surface area (Å²) in [4.78, 5) is 25.9. The normalized spacial score (nSPS) is 11.3. The van der Waals surface area contributed by atoms with Gasteiger partial charge >= 0.3 is 0 Å². The summed E-state index contributed by atoms with van der Waals surface area (Å²) < 4.78 is 29.9. The molecule has 0 unspecified atom stereocenters. The van der Waals surface area contributed by atoms with Crippen LogP contribution in [0.15, 0.2) is 77.7 Å². The minimum atomic E-state index is -0.911. The van der Waals surface area contributed by atoms with Gasteiger partial charge in [-0.25, -0.2) is 13.5 Å². The second-order valence-corrected chi connectivity index (χ2v) is 8.21. The molecule has 3 aromatic carbocycles. The number of amides is 1. The van der Waals surface area contributed by atoms with Crippen LogP contribution in [-0.4, -0.2) is 20.3 Å². The number of halogens is 3. The molecule has 0 saturated carbocycles. The molecule has 0 radical (unpaired) electrons. The van der Waals surface area contributed by atoms with E-state index in [9.17, 15) is 18.4 Å². The number of hydrogen-bond acceptors (Lipinski definition) is 3. The number of benzene rings is 3. The summed E-state index contributed by atoms with van der Waals surface area (Å²) >= 11 is 6.14. The number of aromatic nitrogens is 3. The van der Waals surface area contributed by atoms with Gasteiger partial charge < -0.3 is 9.88 Å². The van der Waals surface area contributed by atoms with Gasteiger partial charge in [0, 0.05) is 33.9 Å². The maximum atomic E-state index is 13.9. The fourth-order valence-corrected chi connectivity index (χ4v) is 4.22. The van der Waals surface area contributed by atoms with Crippen LogP contribution >= 0.6 is 11.6 Å². The van der Waals surface area contributed by atoms with Crippen LogP contribution in [0.25, 0.3) is 21.8 Å². The Kier molecular flexibility index (Phi) is 5.59. The molecule has 1 N–H and O–H groups in total. The van der Waals surface area contributed by atoms with Crippen molar-refractivity contribution in [2.24, 2.45) is 0 Å². The smallest absolute Gasteiger partial charge is 0.291 e. The lowest BCUT2D eigenvalue weighted by Crippen LogP contribution is -2.30. The van der Waals surface area contributed by atoms with E-state index in [1.165, 1.54) is 0 Å². The van der Waals surface area contributed by atoms with Gasteiger partial charge in [-0.05, 0) is 35.9 Å². The first-order valence-corrected chi connectivity index (χ1v) is 10.7. The lowest BCUT2D eigenvalue weighted by atomic mass is 10.2. The monoisotopic (exact) mass is 478 g/mol. The number of anilines is 1. The van der Waals surface area contributed by atoms with E-state index in [0.29, 0.717) is 28.5 Å². The van der Waals surface area contributed by atoms with Crippen molar-refractivity contribution in [2.45, 2.75) is 13.1 Å². The van der Waals surface area contributed by atoms with E-state index in [1.54, 1.807) is 12.3 Å². The fraction of sp³-hybridized carbons (Fsp3) is 0.0800. The van der Waals surface area contributed by atoms with Crippen molar-refractivity contribution in [1.29, 1.82) is 0 Å². The number of carbonyl (C=O) groups excluding carboxylic acids is 1. The Morgan fingerprint density at radius 1 is 1.00 bits per heavy atom. The minimum Gasteiger partial charge on any atom is -0.331 e. The molecule has 9 heteroatoms. The van der Waals surface area contributed by atoms with Gasteiger partial charge in [-0.2, -0.15) is 5.10 Å². The summed E-state index contributed by atoms with van der Waals surface area (Å²) in [6.45, 7) is -0.0545. The molecule has 0 atom stereocenters. The zero-order valence-electron chi connectivity index (χ0n) is 17.6. The molecule has 5 aromatic rings. The Morgan fingerprint density at radius 3 is 2.62 bits per heavy atom. The third kappa shape index (κ3) is 4.04. The summed E-state index contributed by atoms with van der Waals surface area (Å²) in [5, 5.41) is 8.61. The summed E-state index contributed by atoms with van der Waals surface area (Å²) in [6, 6.07) is 17.7. The molecule has 34 heavy (non-hydrogen) atoms. The minimum absolute atomic E-state index is 0.185. The van der Waals surface area contributed by atoms with Crippen LogP contribution in [0.2, 0.25) is 5.02 Å². The van der Waals surface area contributed by atoms with E-state index in [4.69, 9.17) is 11.6 Å². The molecule has 6 nitrogen and oxygen atoms in total. The van der Waals surface area contributed by atoms with Gasteiger partial charge in [-0.1, -0.05) is 41.9 Å². The second-order valence-electron chi connectivity index (χ2n) is 7.78. The molecule has 0 spiro atoms. The van der Waals surface area contributed by atoms with Gasteiger partial charge in [0.05, 0.1) is 11.9 Å². The van der Waals surface area contributed by atoms with Crippen LogP contribution < -0.4 is 10.9 Å². The number of nitrogens with zero attached hydrogens (tertiary/aromatic N) is 3. The largest absolute Gasteiger partial charge is 0.331 e. The van der Waals surface area contributed by atoms with E-state index in [1.807, 2.05) is 47.0 Å². The predicted molar refractivity (Wildman–Crippen MR) is 127 cm³/mol. The van der Waals surface area contributed by atoms with Crippen molar-refractivity contribution in [3.05, 3.63) is 106 Å². The maximum absolute atomic E-state index is 13.9. The summed E-state index contributed by atoms with van der Waals surface area (Å²) in [5.41, 5.74) is 1.48. The lowest BCUT2D eigenvalue weighted by Gasteiger charge is -2.10. The molecule has 0 fully saturated rings. The van der Waals surface area contributed by atoms with Gasteiger partial charge in [0.15, 0.2) is 0 Å². The Bertz CT molecular complexity index is 1630. The first-order chi connectivity index (χ1) is 16.4. The van der Waals surface area contributed by atoms with E-state index in [2.05, 4.69) is 10.4 Å². The highest BCUT2D eigenvalue weighted by Gasteiger charge is 2.18. The van der Waals surface area contributed by atoms with Gasteiger partial charge in [-0.15, -0.1) is 0 Å². The Morgan fingerprint density at radius 2 is 1.82 bits per heavy atom. The van der Waals surface area contributed by atoms with Crippen LogP contribution in [0.1, 0.15) is 5.56 Å². The fourth-order valence-electron chi connectivity index (χ4n) is 4.00. The number of fused-ring (bicyclic) bond motifs is 3. The number of carbonyl (C=O) groups is 1. The van der Waals surface area contributed by atoms with Crippen LogP contribution in [0.3, 0.4) is 0 Å². The number of nitrogens with one attached hydrogen (secondary N) is 1. The van der Waals surface area contributed by atoms with Gasteiger partial charge in [0.1, 0.15) is 23.7 Å². The predicted octanol–water partition coefficient (Wildman–Crippen LogP) is 4.97. The molecular weight excluding hydrogens is 462 g/mol. The molecule has 5 rings (SSSR count). The average molecular weight is 479 g/mol. The Balaban J connectivity index is 1.56. The van der Waals surface area contributed by atoms with Gasteiger partial charge in [0.2, 0.25) is 5.91 Å². The van der Waals surface area contributed by atoms with E-state index in [-0.39, 0.29) is 5.69 Å². The SMILES string of the molecule is O=C(Cn1ncc2c3ccccc3n(Cc3cccc(Cl)c3)c2c1=O)Nc1ccc(F)cc1F. The summed E-state index contributed by atoms with van der Waals surface area (Å²) in [5.74, 6) is -2.34. The lowest BCUT2D eigenvalue weighted by molar-refractivity contribution is -0.117. The van der Waals surface area contributed by atoms with E-state index >= 15 is 0 Å². The van der Waals surface area contributed by atoms with Crippen LogP contribution in [0.4, 0.5) is 14.5 Å². The van der Waals surface area contributed by atoms with Crippen molar-refractivity contribution in [3.8, 4) is 0 Å². The number of para-hydroxylation sites is 1. The zero-order valence-corrected chi connectivity index (χ0v) is 18.4. The highest BCUT2D eigenvalue weighted by molar-refractivity contribution is 6.30. The standard InChI is InChI=1S/C25H17ClF2N4O2/c26-16-5-3-4-15(10-16)13-31-22-7-2-1-6-18(22)19-12-29-32(25(34)24(19)31)14-23(33)30-21-9-8-17(27)11-20(21)28/h1-12H,13-14H2,(H,30,33). The second kappa shape index (κ2) is 8.72. The number of hydrogen-bond donors (Lipinski definition) is 1. The molecule has 1 amide bonds. The van der Waals surface area contributed by atoms with Crippen LogP contribution in [-0.2, 0) is 17.9 Å². The molecule has 0 aliphatic carbocycles. The maximum Gasteiger partial charge on any atom is 0.291 e. The van der Waals surface area contributed by atoms with Gasteiger partial charge in [0.25, 0.3) is 5.56 Å². The van der Waals surface area contributed by atoms with Crippen LogP contribution in [0, 0.1) is 11.6 Å². The Hall–Kier alpha value is -4.04. The van der Waals surface area contributed by atoms with Crippen molar-refractivity contribution in [1.82, 2.24) is 14.3 Å². The third-order valence-corrected chi connectivity index (χ3v) is 5.74. The summed E-state index contributed by atoms with van der Waals surface area (Å²) in [6.07, 6.45) is 1.54. The van der Waals surface area contributed by atoms with E-state index < -0.39 is 29.6 Å². The first-order valence-electron chi connectivity index (χ1n) is 10.4. The molecule has 0 bridgehead atoms. The molecular formula is C25H17ClF2N4O2. The quantitative estimate of drug-likeness (QED) is 0.388. The number of rotatable bonds is 5. The first kappa shape index (κ1) is 21.8. The molecule has 0 saturated heterocycles. The van der Waals surface area contributed by atoms with E-state index in [0.717, 1.165) is 33.3 Å². The topological polar surface area (TPSA) is 68.9 Å². The van der Waals surface area contributed by atoms with Crippen molar-refractivity contribution < 1.29 is 13.6 Å². The van der Waals surface area contributed by atoms with Crippen molar-refractivity contribution in [2.75, 3.05) is 5.32 Å². The highest BCUT2D eigenvalue weighted by atomic mass is 35.5. The molecule has 170 valence electrons. The summed E-state index contributed by atoms with van der Waals surface area (Å²) in [7, 11) is 0. The third-order valence-electron chi connectivity index (χ3n) is 5.50. The molecule has 0 aliphatic rings. The van der Waals surface area contributed by atoms with Crippen LogP contribution in [0.5, 0.6) is 0 Å². The zero-order chi connectivity index (χ0) is 23.8. The molecule has 2 aromatic heterocycles. The van der Waals surface area contributed by atoms with Gasteiger partial charge in [-0.3, -0.25) is 9.59 Å². The Labute approximate surface area is 197 Å². The van der Waals surface area contributed by atoms with Crippen molar-refractivity contribution in [3.63, 3.8) is 0 Å².